The number of halogens is 1. The molecule has 0 spiro atoms. The molecule has 0 atom stereocenters. The second kappa shape index (κ2) is 11.1. The van der Waals surface area contributed by atoms with Gasteiger partial charge in [-0.25, -0.2) is 19.7 Å². The number of carbonyl (C=O) groups excluding carboxylic acids is 1. The maximum atomic E-state index is 11.8. The van der Waals surface area contributed by atoms with Crippen molar-refractivity contribution in [3.8, 4) is 0 Å². The largest absolute Gasteiger partial charge is 0.462 e. The first-order chi connectivity index (χ1) is 17.5. The van der Waals surface area contributed by atoms with E-state index in [2.05, 4.69) is 47.7 Å². The average molecular weight is 532 g/mol. The topological polar surface area (TPSA) is 96.8 Å². The molecule has 2 saturated heterocycles. The lowest BCUT2D eigenvalue weighted by atomic mass is 9.96. The Morgan fingerprint density at radius 3 is 2.58 bits per heavy atom. The zero-order valence-corrected chi connectivity index (χ0v) is 22.1. The Bertz CT molecular complexity index is 1190. The highest BCUT2D eigenvalue weighted by molar-refractivity contribution is 7.23. The van der Waals surface area contributed by atoms with Crippen molar-refractivity contribution in [1.82, 2.24) is 19.9 Å². The second-order valence-electron chi connectivity index (χ2n) is 9.02. The molecule has 0 N–H and O–H groups in total. The fourth-order valence-electron chi connectivity index (χ4n) is 4.65. The lowest BCUT2D eigenvalue weighted by Crippen LogP contribution is -2.38. The lowest BCUT2D eigenvalue weighted by Gasteiger charge is -2.34. The van der Waals surface area contributed by atoms with Gasteiger partial charge in [0, 0.05) is 52.2 Å². The van der Waals surface area contributed by atoms with Crippen LogP contribution in [0.15, 0.2) is 18.5 Å². The average Bonchev–Trinajstić information content (AvgIpc) is 3.34. The van der Waals surface area contributed by atoms with E-state index in [1.165, 1.54) is 0 Å². The molecule has 0 saturated carbocycles. The molecule has 2 fully saturated rings. The minimum atomic E-state index is -0.391. The van der Waals surface area contributed by atoms with Gasteiger partial charge in [0.2, 0.25) is 11.2 Å². The predicted molar refractivity (Wildman–Crippen MR) is 142 cm³/mol. The van der Waals surface area contributed by atoms with Crippen LogP contribution in [0.5, 0.6) is 0 Å². The highest BCUT2D eigenvalue weighted by Crippen LogP contribution is 2.38. The van der Waals surface area contributed by atoms with E-state index in [9.17, 15) is 4.79 Å². The number of aromatic nitrogens is 4. The second-order valence-corrected chi connectivity index (χ2v) is 10.4. The van der Waals surface area contributed by atoms with Crippen molar-refractivity contribution in [2.75, 3.05) is 74.3 Å². The van der Waals surface area contributed by atoms with Crippen molar-refractivity contribution in [1.29, 1.82) is 0 Å². The van der Waals surface area contributed by atoms with Gasteiger partial charge in [-0.15, -0.1) is 11.3 Å². The number of morpholine rings is 1. The summed E-state index contributed by atoms with van der Waals surface area (Å²) < 4.78 is 11.6. The number of carbonyl (C=O) groups is 1. The van der Waals surface area contributed by atoms with Gasteiger partial charge in [-0.1, -0.05) is 0 Å². The molecular weight excluding hydrogens is 502 g/mol. The van der Waals surface area contributed by atoms with Crippen molar-refractivity contribution in [2.24, 2.45) is 5.92 Å². The number of piperidine rings is 1. The van der Waals surface area contributed by atoms with Crippen LogP contribution in [-0.4, -0.2) is 85.5 Å². The van der Waals surface area contributed by atoms with Gasteiger partial charge in [0.1, 0.15) is 0 Å². The van der Waals surface area contributed by atoms with Crippen LogP contribution in [-0.2, 0) is 9.47 Å². The lowest BCUT2D eigenvalue weighted by molar-refractivity contribution is 0.0525. The van der Waals surface area contributed by atoms with E-state index in [4.69, 9.17) is 21.1 Å². The standard InChI is InChI=1S/C24H30ClN7O3S/c1-3-35-22(33)17-13-26-24(27-14-17)32-6-4-16(5-7-32)15-30(2)19-12-18-20(36-19)21(29-23(25)28-18)31-8-10-34-11-9-31/h12-14,16H,3-11,15H2,1-2H3. The minimum Gasteiger partial charge on any atom is -0.462 e. The molecule has 0 aromatic carbocycles. The summed E-state index contributed by atoms with van der Waals surface area (Å²) in [7, 11) is 2.14. The molecule has 0 bridgehead atoms. The molecule has 0 radical (unpaired) electrons. The molecule has 2 aliphatic heterocycles. The number of hydrogen-bond donors (Lipinski definition) is 0. The Morgan fingerprint density at radius 1 is 1.17 bits per heavy atom. The Balaban J connectivity index is 1.20. The number of fused-ring (bicyclic) bond motifs is 1. The van der Waals surface area contributed by atoms with E-state index >= 15 is 0 Å². The summed E-state index contributed by atoms with van der Waals surface area (Å²) in [6.07, 6.45) is 5.18. The smallest absolute Gasteiger partial charge is 0.341 e. The van der Waals surface area contributed by atoms with Crippen LogP contribution in [0.25, 0.3) is 10.2 Å². The van der Waals surface area contributed by atoms with Crippen molar-refractivity contribution >= 4 is 55.9 Å². The molecule has 10 nitrogen and oxygen atoms in total. The van der Waals surface area contributed by atoms with Crippen molar-refractivity contribution in [2.45, 2.75) is 19.8 Å². The summed E-state index contributed by atoms with van der Waals surface area (Å²) in [5.41, 5.74) is 1.27. The molecule has 192 valence electrons. The SMILES string of the molecule is CCOC(=O)c1cnc(N2CCC(CN(C)c3cc4nc(Cl)nc(N5CCOCC5)c4s3)CC2)nc1. The van der Waals surface area contributed by atoms with Gasteiger partial charge in [-0.05, 0) is 43.4 Å². The van der Waals surface area contributed by atoms with Gasteiger partial charge >= 0.3 is 5.97 Å². The normalized spacial score (nSPS) is 17.0. The third-order valence-corrected chi connectivity index (χ3v) is 7.98. The summed E-state index contributed by atoms with van der Waals surface area (Å²) >= 11 is 7.98. The third kappa shape index (κ3) is 5.47. The fraction of sp³-hybridized carbons (Fsp3) is 0.542. The Labute approximate surface area is 219 Å². The highest BCUT2D eigenvalue weighted by atomic mass is 35.5. The van der Waals surface area contributed by atoms with Gasteiger partial charge in [-0.3, -0.25) is 0 Å². The van der Waals surface area contributed by atoms with E-state index in [0.29, 0.717) is 37.3 Å². The van der Waals surface area contributed by atoms with Gasteiger partial charge in [0.15, 0.2) is 5.82 Å². The van der Waals surface area contributed by atoms with E-state index in [1.807, 2.05) is 0 Å². The van der Waals surface area contributed by atoms with Crippen molar-refractivity contribution in [3.63, 3.8) is 0 Å². The van der Waals surface area contributed by atoms with Crippen LogP contribution < -0.4 is 14.7 Å². The number of anilines is 3. The molecular formula is C24H30ClN7O3S. The van der Waals surface area contributed by atoms with E-state index in [1.54, 1.807) is 30.7 Å². The van der Waals surface area contributed by atoms with Gasteiger partial charge in [0.05, 0.1) is 40.6 Å². The first-order valence-electron chi connectivity index (χ1n) is 12.3. The molecule has 3 aromatic heterocycles. The summed E-state index contributed by atoms with van der Waals surface area (Å²) in [5, 5.41) is 1.44. The maximum absolute atomic E-state index is 11.8. The van der Waals surface area contributed by atoms with Crippen LogP contribution in [0.3, 0.4) is 0 Å². The first kappa shape index (κ1) is 24.9. The van der Waals surface area contributed by atoms with Gasteiger partial charge in [-0.2, -0.15) is 4.98 Å². The van der Waals surface area contributed by atoms with Gasteiger partial charge in [0.25, 0.3) is 0 Å². The molecule has 5 rings (SSSR count). The van der Waals surface area contributed by atoms with Crippen LogP contribution in [0.2, 0.25) is 5.28 Å². The Kier molecular flexibility index (Phi) is 7.68. The monoisotopic (exact) mass is 531 g/mol. The van der Waals surface area contributed by atoms with E-state index in [-0.39, 0.29) is 5.28 Å². The van der Waals surface area contributed by atoms with Crippen molar-refractivity contribution < 1.29 is 14.3 Å². The molecule has 0 aliphatic carbocycles. The minimum absolute atomic E-state index is 0.279. The number of rotatable bonds is 7. The maximum Gasteiger partial charge on any atom is 0.341 e. The zero-order valence-electron chi connectivity index (χ0n) is 20.5. The highest BCUT2D eigenvalue weighted by Gasteiger charge is 2.24. The summed E-state index contributed by atoms with van der Waals surface area (Å²) in [4.78, 5) is 36.4. The number of hydrogen-bond acceptors (Lipinski definition) is 11. The molecule has 0 amide bonds. The predicted octanol–water partition coefficient (Wildman–Crippen LogP) is 3.50. The number of ether oxygens (including phenoxy) is 2. The quantitative estimate of drug-likeness (QED) is 0.333. The summed E-state index contributed by atoms with van der Waals surface area (Å²) in [6.45, 7) is 7.83. The van der Waals surface area contributed by atoms with Crippen LogP contribution in [0.1, 0.15) is 30.1 Å². The molecule has 36 heavy (non-hydrogen) atoms. The molecule has 2 aliphatic rings. The molecule has 5 heterocycles. The number of esters is 1. The fourth-order valence-corrected chi connectivity index (χ4v) is 5.91. The number of nitrogens with zero attached hydrogens (tertiary/aromatic N) is 7. The zero-order chi connectivity index (χ0) is 25.1. The van der Waals surface area contributed by atoms with Crippen LogP contribution >= 0.6 is 22.9 Å². The van der Waals surface area contributed by atoms with Crippen molar-refractivity contribution in [3.05, 3.63) is 29.3 Å². The van der Waals surface area contributed by atoms with E-state index < -0.39 is 5.97 Å². The number of thiophene rings is 1. The van der Waals surface area contributed by atoms with E-state index in [0.717, 1.165) is 66.6 Å². The first-order valence-corrected chi connectivity index (χ1v) is 13.5. The van der Waals surface area contributed by atoms with Crippen LogP contribution in [0, 0.1) is 5.92 Å². The van der Waals surface area contributed by atoms with Crippen LogP contribution in [0.4, 0.5) is 16.8 Å². The third-order valence-electron chi connectivity index (χ3n) is 6.58. The Morgan fingerprint density at radius 2 is 1.89 bits per heavy atom. The van der Waals surface area contributed by atoms with Gasteiger partial charge < -0.3 is 24.2 Å². The molecule has 3 aromatic rings. The summed E-state index contributed by atoms with van der Waals surface area (Å²) in [6, 6.07) is 2.12. The Hall–Kier alpha value is -2.76. The summed E-state index contributed by atoms with van der Waals surface area (Å²) in [5.74, 6) is 1.73. The molecule has 0 unspecified atom stereocenters. The molecule has 12 heteroatoms.